The van der Waals surface area contributed by atoms with Gasteiger partial charge in [-0.2, -0.15) is 0 Å². The van der Waals surface area contributed by atoms with E-state index in [-0.39, 0.29) is 11.8 Å². The summed E-state index contributed by atoms with van der Waals surface area (Å²) < 4.78 is 0. The summed E-state index contributed by atoms with van der Waals surface area (Å²) in [5.74, 6) is 0.0138. The molecule has 0 saturated carbocycles. The molecule has 3 N–H and O–H groups in total. The fraction of sp³-hybridized carbons (Fsp3) is 0.364. The molecule has 1 rings (SSSR count). The molecule has 0 bridgehead atoms. The minimum atomic E-state index is -0.214. The SMILES string of the molecule is CCC(N)c1cc(C)cc(C=O)c1O. The third-order valence-corrected chi connectivity index (χ3v) is 2.28. The molecule has 3 nitrogen and oxygen atoms in total. The van der Waals surface area contributed by atoms with E-state index < -0.39 is 0 Å². The Morgan fingerprint density at radius 1 is 1.57 bits per heavy atom. The van der Waals surface area contributed by atoms with Crippen molar-refractivity contribution < 1.29 is 9.90 Å². The average Bonchev–Trinajstić information content (AvgIpc) is 2.19. The first-order valence-corrected chi connectivity index (χ1v) is 4.64. The van der Waals surface area contributed by atoms with Crippen LogP contribution < -0.4 is 5.73 Å². The summed E-state index contributed by atoms with van der Waals surface area (Å²) in [4.78, 5) is 10.6. The van der Waals surface area contributed by atoms with Gasteiger partial charge >= 0.3 is 0 Å². The molecular weight excluding hydrogens is 178 g/mol. The van der Waals surface area contributed by atoms with Crippen LogP contribution in [0.5, 0.6) is 5.75 Å². The van der Waals surface area contributed by atoms with Crippen molar-refractivity contribution in [3.05, 3.63) is 28.8 Å². The highest BCUT2D eigenvalue weighted by molar-refractivity contribution is 5.80. The Hall–Kier alpha value is -1.35. The Balaban J connectivity index is 3.28. The fourth-order valence-electron chi connectivity index (χ4n) is 1.43. The van der Waals surface area contributed by atoms with Gasteiger partial charge in [0.2, 0.25) is 0 Å². The molecule has 1 aromatic carbocycles. The summed E-state index contributed by atoms with van der Waals surface area (Å²) in [6.45, 7) is 3.81. The summed E-state index contributed by atoms with van der Waals surface area (Å²) in [5, 5.41) is 9.70. The van der Waals surface area contributed by atoms with Crippen LogP contribution in [0, 0.1) is 6.92 Å². The van der Waals surface area contributed by atoms with E-state index in [9.17, 15) is 9.90 Å². The standard InChI is InChI=1S/C11H15NO2/c1-3-10(12)9-5-7(2)4-8(6-13)11(9)14/h4-6,10,14H,3,12H2,1-2H3. The van der Waals surface area contributed by atoms with Crippen molar-refractivity contribution in [1.29, 1.82) is 0 Å². The van der Waals surface area contributed by atoms with Gasteiger partial charge in [-0.25, -0.2) is 0 Å². The number of phenols is 1. The first-order valence-electron chi connectivity index (χ1n) is 4.64. The zero-order valence-electron chi connectivity index (χ0n) is 8.45. The Labute approximate surface area is 83.6 Å². The third-order valence-electron chi connectivity index (χ3n) is 2.28. The minimum absolute atomic E-state index is 0.0138. The highest BCUT2D eigenvalue weighted by Gasteiger charge is 2.12. The molecule has 0 aliphatic carbocycles. The van der Waals surface area contributed by atoms with Crippen molar-refractivity contribution in [2.75, 3.05) is 0 Å². The maximum absolute atomic E-state index is 10.6. The Morgan fingerprint density at radius 3 is 2.71 bits per heavy atom. The van der Waals surface area contributed by atoms with E-state index in [2.05, 4.69) is 0 Å². The second-order valence-electron chi connectivity index (χ2n) is 3.42. The van der Waals surface area contributed by atoms with E-state index in [0.29, 0.717) is 17.4 Å². The lowest BCUT2D eigenvalue weighted by molar-refractivity contribution is 0.112. The summed E-state index contributed by atoms with van der Waals surface area (Å²) in [6, 6.07) is 3.25. The van der Waals surface area contributed by atoms with Gasteiger partial charge in [0.25, 0.3) is 0 Å². The lowest BCUT2D eigenvalue weighted by Crippen LogP contribution is -2.09. The molecule has 0 amide bonds. The second-order valence-corrected chi connectivity index (χ2v) is 3.42. The molecule has 1 unspecified atom stereocenters. The number of carbonyl (C=O) groups is 1. The molecule has 0 aliphatic rings. The zero-order chi connectivity index (χ0) is 10.7. The topological polar surface area (TPSA) is 63.3 Å². The minimum Gasteiger partial charge on any atom is -0.507 e. The number of phenolic OH excluding ortho intramolecular Hbond substituents is 1. The first-order chi connectivity index (χ1) is 6.60. The van der Waals surface area contributed by atoms with Gasteiger partial charge in [0.05, 0.1) is 5.56 Å². The van der Waals surface area contributed by atoms with Crippen LogP contribution in [0.3, 0.4) is 0 Å². The van der Waals surface area contributed by atoms with Crippen molar-refractivity contribution in [2.24, 2.45) is 5.73 Å². The summed E-state index contributed by atoms with van der Waals surface area (Å²) in [6.07, 6.45) is 1.38. The highest BCUT2D eigenvalue weighted by Crippen LogP contribution is 2.28. The van der Waals surface area contributed by atoms with Crippen LogP contribution >= 0.6 is 0 Å². The molecule has 0 aromatic heterocycles. The van der Waals surface area contributed by atoms with Gasteiger partial charge in [0.1, 0.15) is 5.75 Å². The molecule has 0 saturated heterocycles. The molecule has 0 radical (unpaired) electrons. The van der Waals surface area contributed by atoms with Crippen LogP contribution in [0.4, 0.5) is 0 Å². The van der Waals surface area contributed by atoms with Gasteiger partial charge in [0.15, 0.2) is 6.29 Å². The van der Waals surface area contributed by atoms with Gasteiger partial charge in [-0.3, -0.25) is 4.79 Å². The molecule has 0 heterocycles. The van der Waals surface area contributed by atoms with Crippen molar-refractivity contribution in [3.8, 4) is 5.75 Å². The van der Waals surface area contributed by atoms with Crippen molar-refractivity contribution in [3.63, 3.8) is 0 Å². The van der Waals surface area contributed by atoms with E-state index in [1.54, 1.807) is 6.07 Å². The van der Waals surface area contributed by atoms with E-state index in [1.165, 1.54) is 0 Å². The molecule has 14 heavy (non-hydrogen) atoms. The largest absolute Gasteiger partial charge is 0.507 e. The van der Waals surface area contributed by atoms with Gasteiger partial charge in [-0.05, 0) is 25.0 Å². The van der Waals surface area contributed by atoms with Crippen molar-refractivity contribution in [1.82, 2.24) is 0 Å². The van der Waals surface area contributed by atoms with Crippen LogP contribution in [0.1, 0.15) is 40.9 Å². The van der Waals surface area contributed by atoms with Crippen LogP contribution in [-0.4, -0.2) is 11.4 Å². The van der Waals surface area contributed by atoms with Crippen LogP contribution in [0.2, 0.25) is 0 Å². The predicted molar refractivity (Wildman–Crippen MR) is 55.5 cm³/mol. The van der Waals surface area contributed by atoms with Gasteiger partial charge in [-0.1, -0.05) is 13.0 Å². The number of hydrogen-bond acceptors (Lipinski definition) is 3. The number of aldehydes is 1. The number of carbonyl (C=O) groups excluding carboxylic acids is 1. The lowest BCUT2D eigenvalue weighted by atomic mass is 9.98. The Bertz CT molecular complexity index is 347. The fourth-order valence-corrected chi connectivity index (χ4v) is 1.43. The third kappa shape index (κ3) is 1.93. The van der Waals surface area contributed by atoms with E-state index in [4.69, 9.17) is 5.73 Å². The molecule has 76 valence electrons. The number of aryl methyl sites for hydroxylation is 1. The Morgan fingerprint density at radius 2 is 2.21 bits per heavy atom. The molecule has 1 atom stereocenters. The molecule has 0 fully saturated rings. The average molecular weight is 193 g/mol. The molecule has 3 heteroatoms. The van der Waals surface area contributed by atoms with Gasteiger partial charge < -0.3 is 10.8 Å². The van der Waals surface area contributed by atoms with Crippen LogP contribution in [-0.2, 0) is 0 Å². The first kappa shape index (κ1) is 10.7. The van der Waals surface area contributed by atoms with E-state index in [0.717, 1.165) is 12.0 Å². The number of rotatable bonds is 3. The maximum atomic E-state index is 10.6. The van der Waals surface area contributed by atoms with Crippen molar-refractivity contribution in [2.45, 2.75) is 26.3 Å². The van der Waals surface area contributed by atoms with E-state index in [1.807, 2.05) is 19.9 Å². The number of aromatic hydroxyl groups is 1. The summed E-state index contributed by atoms with van der Waals surface area (Å²) >= 11 is 0. The molecule has 1 aromatic rings. The predicted octanol–water partition coefficient (Wildman–Crippen LogP) is 1.92. The zero-order valence-corrected chi connectivity index (χ0v) is 8.45. The highest BCUT2D eigenvalue weighted by atomic mass is 16.3. The van der Waals surface area contributed by atoms with Crippen LogP contribution in [0.25, 0.3) is 0 Å². The molecule has 0 spiro atoms. The van der Waals surface area contributed by atoms with Gasteiger partial charge in [0, 0.05) is 11.6 Å². The Kier molecular flexibility index (Phi) is 3.25. The number of nitrogens with two attached hydrogens (primary N) is 1. The van der Waals surface area contributed by atoms with Crippen molar-refractivity contribution >= 4 is 6.29 Å². The van der Waals surface area contributed by atoms with Gasteiger partial charge in [-0.15, -0.1) is 0 Å². The van der Waals surface area contributed by atoms with Crippen LogP contribution in [0.15, 0.2) is 12.1 Å². The second kappa shape index (κ2) is 4.24. The lowest BCUT2D eigenvalue weighted by Gasteiger charge is -2.13. The monoisotopic (exact) mass is 193 g/mol. The molecule has 0 aliphatic heterocycles. The quantitative estimate of drug-likeness (QED) is 0.721. The molecular formula is C11H15NO2. The number of hydrogen-bond donors (Lipinski definition) is 2. The summed E-state index contributed by atoms with van der Waals surface area (Å²) in [7, 11) is 0. The smallest absolute Gasteiger partial charge is 0.153 e. The summed E-state index contributed by atoms with van der Waals surface area (Å²) in [5.41, 5.74) is 7.70. The normalized spacial score (nSPS) is 12.5. The van der Waals surface area contributed by atoms with E-state index >= 15 is 0 Å². The number of benzene rings is 1. The maximum Gasteiger partial charge on any atom is 0.153 e.